The fourth-order valence-electron chi connectivity index (χ4n) is 1.49. The SMILES string of the molecule is CCCC(C)COC(=O)c1cccc(Br)c1. The van der Waals surface area contributed by atoms with Crippen molar-refractivity contribution >= 4 is 21.9 Å². The molecule has 0 heterocycles. The van der Waals surface area contributed by atoms with E-state index in [1.807, 2.05) is 12.1 Å². The number of carbonyl (C=O) groups excluding carboxylic acids is 1. The Labute approximate surface area is 105 Å². The van der Waals surface area contributed by atoms with Crippen molar-refractivity contribution in [1.82, 2.24) is 0 Å². The van der Waals surface area contributed by atoms with Crippen LogP contribution in [0.3, 0.4) is 0 Å². The molecule has 3 heteroatoms. The van der Waals surface area contributed by atoms with E-state index in [-0.39, 0.29) is 5.97 Å². The van der Waals surface area contributed by atoms with E-state index in [4.69, 9.17) is 4.74 Å². The molecule has 1 aromatic rings. The van der Waals surface area contributed by atoms with Gasteiger partial charge in [-0.2, -0.15) is 0 Å². The third-order valence-electron chi connectivity index (χ3n) is 2.34. The summed E-state index contributed by atoms with van der Waals surface area (Å²) in [4.78, 5) is 11.7. The lowest BCUT2D eigenvalue weighted by molar-refractivity contribution is 0.0443. The van der Waals surface area contributed by atoms with E-state index in [0.29, 0.717) is 18.1 Å². The number of ether oxygens (including phenoxy) is 1. The molecule has 16 heavy (non-hydrogen) atoms. The first-order valence-corrected chi connectivity index (χ1v) is 6.35. The zero-order chi connectivity index (χ0) is 12.0. The molecular weight excluding hydrogens is 268 g/mol. The normalized spacial score (nSPS) is 12.2. The van der Waals surface area contributed by atoms with Crippen molar-refractivity contribution < 1.29 is 9.53 Å². The summed E-state index contributed by atoms with van der Waals surface area (Å²) in [5, 5.41) is 0. The molecule has 0 aromatic heterocycles. The van der Waals surface area contributed by atoms with Crippen LogP contribution in [0.5, 0.6) is 0 Å². The molecule has 0 aliphatic carbocycles. The summed E-state index contributed by atoms with van der Waals surface area (Å²) in [6.45, 7) is 4.73. The third kappa shape index (κ3) is 4.35. The summed E-state index contributed by atoms with van der Waals surface area (Å²) in [6.07, 6.45) is 2.21. The Hall–Kier alpha value is -0.830. The molecule has 0 radical (unpaired) electrons. The highest BCUT2D eigenvalue weighted by Gasteiger charge is 2.09. The molecule has 0 fully saturated rings. The number of rotatable bonds is 5. The minimum absolute atomic E-state index is 0.246. The van der Waals surface area contributed by atoms with Crippen LogP contribution < -0.4 is 0 Å². The van der Waals surface area contributed by atoms with Crippen molar-refractivity contribution in [2.75, 3.05) is 6.61 Å². The Morgan fingerprint density at radius 3 is 2.88 bits per heavy atom. The summed E-state index contributed by atoms with van der Waals surface area (Å²) in [6, 6.07) is 7.25. The molecule has 1 aromatic carbocycles. The van der Waals surface area contributed by atoms with Gasteiger partial charge in [0.25, 0.3) is 0 Å². The lowest BCUT2D eigenvalue weighted by atomic mass is 10.1. The van der Waals surface area contributed by atoms with Crippen LogP contribution in [0.2, 0.25) is 0 Å². The fourth-order valence-corrected chi connectivity index (χ4v) is 1.89. The van der Waals surface area contributed by atoms with E-state index in [9.17, 15) is 4.79 Å². The van der Waals surface area contributed by atoms with Crippen molar-refractivity contribution in [2.45, 2.75) is 26.7 Å². The molecule has 1 unspecified atom stereocenters. The molecule has 0 bridgehead atoms. The van der Waals surface area contributed by atoms with Crippen LogP contribution in [-0.4, -0.2) is 12.6 Å². The molecule has 1 rings (SSSR count). The van der Waals surface area contributed by atoms with Crippen molar-refractivity contribution in [3.8, 4) is 0 Å². The van der Waals surface area contributed by atoms with E-state index in [1.165, 1.54) is 0 Å². The van der Waals surface area contributed by atoms with Gasteiger partial charge < -0.3 is 4.74 Å². The van der Waals surface area contributed by atoms with Gasteiger partial charge in [-0.15, -0.1) is 0 Å². The van der Waals surface area contributed by atoms with Crippen LogP contribution in [0.1, 0.15) is 37.0 Å². The van der Waals surface area contributed by atoms with Crippen LogP contribution >= 0.6 is 15.9 Å². The zero-order valence-corrected chi connectivity index (χ0v) is 11.3. The first-order chi connectivity index (χ1) is 7.63. The Morgan fingerprint density at radius 2 is 2.25 bits per heavy atom. The number of hydrogen-bond acceptors (Lipinski definition) is 2. The third-order valence-corrected chi connectivity index (χ3v) is 2.83. The van der Waals surface area contributed by atoms with Gasteiger partial charge in [-0.3, -0.25) is 0 Å². The van der Waals surface area contributed by atoms with Gasteiger partial charge in [0.15, 0.2) is 0 Å². The van der Waals surface area contributed by atoms with Crippen LogP contribution in [0.4, 0.5) is 0 Å². The van der Waals surface area contributed by atoms with Gasteiger partial charge in [0, 0.05) is 4.47 Å². The Kier molecular flexibility index (Phi) is 5.53. The van der Waals surface area contributed by atoms with Crippen LogP contribution in [-0.2, 0) is 4.74 Å². The smallest absolute Gasteiger partial charge is 0.338 e. The van der Waals surface area contributed by atoms with Gasteiger partial charge >= 0.3 is 5.97 Å². The van der Waals surface area contributed by atoms with Crippen molar-refractivity contribution in [1.29, 1.82) is 0 Å². The molecule has 1 atom stereocenters. The second-order valence-electron chi connectivity index (χ2n) is 4.00. The van der Waals surface area contributed by atoms with Gasteiger partial charge in [-0.25, -0.2) is 4.79 Å². The minimum atomic E-state index is -0.246. The average molecular weight is 285 g/mol. The van der Waals surface area contributed by atoms with E-state index < -0.39 is 0 Å². The average Bonchev–Trinajstić information content (AvgIpc) is 2.26. The lowest BCUT2D eigenvalue weighted by Crippen LogP contribution is -2.12. The number of halogens is 1. The molecule has 88 valence electrons. The molecule has 0 aliphatic rings. The summed E-state index contributed by atoms with van der Waals surface area (Å²) in [5.41, 5.74) is 0.595. The number of esters is 1. The molecule has 0 spiro atoms. The molecule has 0 N–H and O–H groups in total. The summed E-state index contributed by atoms with van der Waals surface area (Å²) in [5.74, 6) is 0.186. The highest BCUT2D eigenvalue weighted by atomic mass is 79.9. The lowest BCUT2D eigenvalue weighted by Gasteiger charge is -2.10. The highest BCUT2D eigenvalue weighted by Crippen LogP contribution is 2.13. The predicted molar refractivity (Wildman–Crippen MR) is 68.5 cm³/mol. The fraction of sp³-hybridized carbons (Fsp3) is 0.462. The predicted octanol–water partition coefficient (Wildman–Crippen LogP) is 4.04. The minimum Gasteiger partial charge on any atom is -0.462 e. The van der Waals surface area contributed by atoms with Crippen LogP contribution in [0, 0.1) is 5.92 Å². The number of benzene rings is 1. The van der Waals surface area contributed by atoms with Crippen molar-refractivity contribution in [3.05, 3.63) is 34.3 Å². The first-order valence-electron chi connectivity index (χ1n) is 5.56. The Morgan fingerprint density at radius 1 is 1.50 bits per heavy atom. The zero-order valence-electron chi connectivity index (χ0n) is 9.70. The summed E-state index contributed by atoms with van der Waals surface area (Å²) < 4.78 is 6.13. The van der Waals surface area contributed by atoms with Crippen molar-refractivity contribution in [3.63, 3.8) is 0 Å². The second kappa shape index (κ2) is 6.69. The Bertz CT molecular complexity index is 350. The first kappa shape index (κ1) is 13.2. The molecule has 0 aliphatic heterocycles. The van der Waals surface area contributed by atoms with Gasteiger partial charge in [-0.05, 0) is 30.5 Å². The summed E-state index contributed by atoms with van der Waals surface area (Å²) >= 11 is 3.33. The molecule has 0 saturated heterocycles. The van der Waals surface area contributed by atoms with Gasteiger partial charge in [0.2, 0.25) is 0 Å². The molecule has 2 nitrogen and oxygen atoms in total. The van der Waals surface area contributed by atoms with E-state index >= 15 is 0 Å². The maximum absolute atomic E-state index is 11.7. The standard InChI is InChI=1S/C13H17BrO2/c1-3-5-10(2)9-16-13(15)11-6-4-7-12(14)8-11/h4,6-8,10H,3,5,9H2,1-2H3. The molecule has 0 amide bonds. The Balaban J connectivity index is 2.47. The molecule has 0 saturated carbocycles. The van der Waals surface area contributed by atoms with Gasteiger partial charge in [0.05, 0.1) is 12.2 Å². The van der Waals surface area contributed by atoms with Crippen LogP contribution in [0.15, 0.2) is 28.7 Å². The number of carbonyl (C=O) groups is 1. The maximum Gasteiger partial charge on any atom is 0.338 e. The van der Waals surface area contributed by atoms with Gasteiger partial charge in [-0.1, -0.05) is 42.3 Å². The largest absolute Gasteiger partial charge is 0.462 e. The van der Waals surface area contributed by atoms with Crippen LogP contribution in [0.25, 0.3) is 0 Å². The second-order valence-corrected chi connectivity index (χ2v) is 4.92. The van der Waals surface area contributed by atoms with E-state index in [0.717, 1.165) is 17.3 Å². The van der Waals surface area contributed by atoms with E-state index in [2.05, 4.69) is 29.8 Å². The van der Waals surface area contributed by atoms with Crippen molar-refractivity contribution in [2.24, 2.45) is 5.92 Å². The quantitative estimate of drug-likeness (QED) is 0.763. The highest BCUT2D eigenvalue weighted by molar-refractivity contribution is 9.10. The summed E-state index contributed by atoms with van der Waals surface area (Å²) in [7, 11) is 0. The number of hydrogen-bond donors (Lipinski definition) is 0. The van der Waals surface area contributed by atoms with Gasteiger partial charge in [0.1, 0.15) is 0 Å². The topological polar surface area (TPSA) is 26.3 Å². The molecular formula is C13H17BrO2. The van der Waals surface area contributed by atoms with E-state index in [1.54, 1.807) is 12.1 Å². The maximum atomic E-state index is 11.7. The monoisotopic (exact) mass is 284 g/mol.